The van der Waals surface area contributed by atoms with Crippen LogP contribution < -0.4 is 5.32 Å². The van der Waals surface area contributed by atoms with Crippen LogP contribution in [0.25, 0.3) is 11.0 Å². The van der Waals surface area contributed by atoms with Crippen LogP contribution in [0.1, 0.15) is 28.8 Å². The van der Waals surface area contributed by atoms with Gasteiger partial charge in [-0.2, -0.15) is 0 Å². The predicted octanol–water partition coefficient (Wildman–Crippen LogP) is 2.39. The van der Waals surface area contributed by atoms with Crippen LogP contribution in [0.3, 0.4) is 0 Å². The molecule has 3 aromatic rings. The topological polar surface area (TPSA) is 69.0 Å². The van der Waals surface area contributed by atoms with E-state index in [1.165, 1.54) is 0 Å². The zero-order chi connectivity index (χ0) is 17.1. The maximum absolute atomic E-state index is 12.3. The van der Waals surface area contributed by atoms with Crippen LogP contribution in [0.4, 0.5) is 0 Å². The van der Waals surface area contributed by atoms with Gasteiger partial charge in [0.15, 0.2) is 0 Å². The molecule has 1 aliphatic heterocycles. The van der Waals surface area contributed by atoms with E-state index >= 15 is 0 Å². The third-order valence-corrected chi connectivity index (χ3v) is 4.47. The lowest BCUT2D eigenvalue weighted by Gasteiger charge is -2.10. The Kier molecular flexibility index (Phi) is 4.43. The van der Waals surface area contributed by atoms with Crippen LogP contribution in [0.5, 0.6) is 0 Å². The van der Waals surface area contributed by atoms with Crippen LogP contribution >= 0.6 is 0 Å². The first-order chi connectivity index (χ1) is 12.3. The molecule has 0 spiro atoms. The fourth-order valence-electron chi connectivity index (χ4n) is 3.10. The van der Waals surface area contributed by atoms with E-state index in [2.05, 4.69) is 27.8 Å². The summed E-state index contributed by atoms with van der Waals surface area (Å²) >= 11 is 0. The maximum atomic E-state index is 12.3. The summed E-state index contributed by atoms with van der Waals surface area (Å²) in [5.41, 5.74) is 3.39. The largest absolute Gasteiger partial charge is 0.376 e. The number of fused-ring (bicyclic) bond motifs is 1. The third-order valence-electron chi connectivity index (χ3n) is 4.47. The summed E-state index contributed by atoms with van der Waals surface area (Å²) in [7, 11) is 0. The average Bonchev–Trinajstić information content (AvgIpc) is 3.30. The molecular formula is C19H20N4O2. The van der Waals surface area contributed by atoms with E-state index in [0.717, 1.165) is 36.0 Å². The molecule has 6 heteroatoms. The molecule has 0 saturated carbocycles. The zero-order valence-electron chi connectivity index (χ0n) is 13.9. The van der Waals surface area contributed by atoms with E-state index in [-0.39, 0.29) is 12.0 Å². The number of aromatic nitrogens is 3. The van der Waals surface area contributed by atoms with Crippen LogP contribution in [-0.2, 0) is 11.3 Å². The molecule has 0 bridgehead atoms. The van der Waals surface area contributed by atoms with Gasteiger partial charge < -0.3 is 10.1 Å². The van der Waals surface area contributed by atoms with Gasteiger partial charge in [-0.1, -0.05) is 35.5 Å². The van der Waals surface area contributed by atoms with Crippen molar-refractivity contribution in [2.45, 2.75) is 25.5 Å². The highest BCUT2D eigenvalue weighted by Crippen LogP contribution is 2.16. The molecule has 1 aromatic heterocycles. The van der Waals surface area contributed by atoms with Crippen molar-refractivity contribution in [3.05, 3.63) is 59.7 Å². The van der Waals surface area contributed by atoms with Crippen molar-refractivity contribution >= 4 is 16.9 Å². The summed E-state index contributed by atoms with van der Waals surface area (Å²) in [6.07, 6.45) is 2.21. The van der Waals surface area contributed by atoms with Gasteiger partial charge in [-0.05, 0) is 36.6 Å². The van der Waals surface area contributed by atoms with Gasteiger partial charge in [0, 0.05) is 18.7 Å². The molecule has 0 radical (unpaired) electrons. The summed E-state index contributed by atoms with van der Waals surface area (Å²) < 4.78 is 7.37. The minimum atomic E-state index is -0.102. The van der Waals surface area contributed by atoms with Gasteiger partial charge in [0.05, 0.1) is 18.2 Å². The highest BCUT2D eigenvalue weighted by Gasteiger charge is 2.17. The highest BCUT2D eigenvalue weighted by molar-refractivity contribution is 5.97. The van der Waals surface area contributed by atoms with Crippen LogP contribution in [-0.4, -0.2) is 40.2 Å². The Morgan fingerprint density at radius 3 is 2.92 bits per heavy atom. The maximum Gasteiger partial charge on any atom is 0.251 e. The summed E-state index contributed by atoms with van der Waals surface area (Å²) in [5.74, 6) is -0.102. The molecule has 1 fully saturated rings. The van der Waals surface area contributed by atoms with Crippen LogP contribution in [0.15, 0.2) is 48.5 Å². The fraction of sp³-hybridized carbons (Fsp3) is 0.316. The van der Waals surface area contributed by atoms with Gasteiger partial charge in [-0.15, -0.1) is 5.10 Å². The Morgan fingerprint density at radius 1 is 1.24 bits per heavy atom. The van der Waals surface area contributed by atoms with Crippen LogP contribution in [0, 0.1) is 0 Å². The minimum absolute atomic E-state index is 0.102. The van der Waals surface area contributed by atoms with Gasteiger partial charge in [0.2, 0.25) is 0 Å². The van der Waals surface area contributed by atoms with Gasteiger partial charge in [0.25, 0.3) is 5.91 Å². The third kappa shape index (κ3) is 3.53. The predicted molar refractivity (Wildman–Crippen MR) is 94.4 cm³/mol. The first-order valence-electron chi connectivity index (χ1n) is 8.56. The zero-order valence-corrected chi connectivity index (χ0v) is 13.9. The lowest BCUT2D eigenvalue weighted by Crippen LogP contribution is -2.31. The molecule has 1 N–H and O–H groups in total. The van der Waals surface area contributed by atoms with Crippen molar-refractivity contribution < 1.29 is 9.53 Å². The number of carbonyl (C=O) groups is 1. The Morgan fingerprint density at radius 2 is 2.12 bits per heavy atom. The molecule has 25 heavy (non-hydrogen) atoms. The lowest BCUT2D eigenvalue weighted by atomic mass is 10.1. The molecule has 2 aromatic carbocycles. The second-order valence-corrected chi connectivity index (χ2v) is 6.28. The van der Waals surface area contributed by atoms with E-state index in [1.54, 1.807) is 6.07 Å². The Hall–Kier alpha value is -2.73. The summed E-state index contributed by atoms with van der Waals surface area (Å²) in [6.45, 7) is 2.00. The second-order valence-electron chi connectivity index (χ2n) is 6.28. The lowest BCUT2D eigenvalue weighted by molar-refractivity contribution is 0.0858. The smallest absolute Gasteiger partial charge is 0.251 e. The molecular weight excluding hydrogens is 316 g/mol. The normalized spacial score (nSPS) is 17.0. The molecule has 1 saturated heterocycles. The quantitative estimate of drug-likeness (QED) is 0.777. The number of nitrogens with one attached hydrogen (secondary N) is 1. The highest BCUT2D eigenvalue weighted by atomic mass is 16.5. The number of amides is 1. The summed E-state index contributed by atoms with van der Waals surface area (Å²) in [6, 6.07) is 15.6. The SMILES string of the molecule is O=C(NCC1CCCO1)c1ccc2c(c1)nnn2Cc1ccccc1. The monoisotopic (exact) mass is 336 g/mol. The van der Waals surface area contributed by atoms with Crippen molar-refractivity contribution in [1.82, 2.24) is 20.3 Å². The molecule has 1 atom stereocenters. The molecule has 0 aliphatic carbocycles. The summed E-state index contributed by atoms with van der Waals surface area (Å²) in [4.78, 5) is 12.3. The molecule has 4 rings (SSSR count). The molecule has 1 unspecified atom stereocenters. The number of nitrogens with zero attached hydrogens (tertiary/aromatic N) is 3. The molecule has 128 valence electrons. The van der Waals surface area contributed by atoms with E-state index in [4.69, 9.17) is 4.74 Å². The molecule has 6 nitrogen and oxygen atoms in total. The number of benzene rings is 2. The van der Waals surface area contributed by atoms with Crippen molar-refractivity contribution in [3.63, 3.8) is 0 Å². The Bertz CT molecular complexity index is 870. The molecule has 1 aliphatic rings. The van der Waals surface area contributed by atoms with Crippen molar-refractivity contribution in [1.29, 1.82) is 0 Å². The van der Waals surface area contributed by atoms with Gasteiger partial charge in [0.1, 0.15) is 5.52 Å². The van der Waals surface area contributed by atoms with Crippen molar-refractivity contribution in [2.24, 2.45) is 0 Å². The average molecular weight is 336 g/mol. The molecule has 2 heterocycles. The number of carbonyl (C=O) groups excluding carboxylic acids is 1. The fourth-order valence-corrected chi connectivity index (χ4v) is 3.10. The first kappa shape index (κ1) is 15.8. The van der Waals surface area contributed by atoms with E-state index in [0.29, 0.717) is 18.7 Å². The van der Waals surface area contributed by atoms with Gasteiger partial charge in [-0.25, -0.2) is 4.68 Å². The number of ether oxygens (including phenoxy) is 1. The van der Waals surface area contributed by atoms with Gasteiger partial charge in [-0.3, -0.25) is 4.79 Å². The first-order valence-corrected chi connectivity index (χ1v) is 8.56. The van der Waals surface area contributed by atoms with Gasteiger partial charge >= 0.3 is 0 Å². The van der Waals surface area contributed by atoms with E-state index in [9.17, 15) is 4.79 Å². The second kappa shape index (κ2) is 7.03. The van der Waals surface area contributed by atoms with E-state index in [1.807, 2.05) is 35.0 Å². The standard InChI is InChI=1S/C19H20N4O2/c24-19(20-12-16-7-4-10-25-16)15-8-9-18-17(11-15)21-22-23(18)13-14-5-2-1-3-6-14/h1-3,5-6,8-9,11,16H,4,7,10,12-13H2,(H,20,24). The Labute approximate surface area is 145 Å². The minimum Gasteiger partial charge on any atom is -0.376 e. The van der Waals surface area contributed by atoms with Crippen molar-refractivity contribution in [3.8, 4) is 0 Å². The molecule has 1 amide bonds. The van der Waals surface area contributed by atoms with Crippen LogP contribution in [0.2, 0.25) is 0 Å². The number of hydrogen-bond acceptors (Lipinski definition) is 4. The summed E-state index contributed by atoms with van der Waals surface area (Å²) in [5, 5.41) is 11.4. The number of hydrogen-bond donors (Lipinski definition) is 1. The number of rotatable bonds is 5. The van der Waals surface area contributed by atoms with Crippen molar-refractivity contribution in [2.75, 3.05) is 13.2 Å². The van der Waals surface area contributed by atoms with E-state index < -0.39 is 0 Å². The Balaban J connectivity index is 1.48.